The van der Waals surface area contributed by atoms with Gasteiger partial charge in [0, 0.05) is 45.6 Å². The van der Waals surface area contributed by atoms with E-state index >= 15 is 0 Å². The van der Waals surface area contributed by atoms with Crippen LogP contribution in [0.1, 0.15) is 71.4 Å². The summed E-state index contributed by atoms with van der Waals surface area (Å²) in [5.74, 6) is -0.936. The van der Waals surface area contributed by atoms with Crippen LogP contribution in [0.2, 0.25) is 0 Å². The summed E-state index contributed by atoms with van der Waals surface area (Å²) in [4.78, 5) is 9.47. The molecule has 0 atom stereocenters. The molecular weight excluding hydrogens is 713 g/mol. The number of benzene rings is 8. The number of nitrogens with zero attached hydrogens (tertiary/aromatic N) is 2. The molecule has 11 aromatic rings. The zero-order valence-electron chi connectivity index (χ0n) is 62.2. The van der Waals surface area contributed by atoms with Crippen LogP contribution in [0.5, 0.6) is 0 Å². The van der Waals surface area contributed by atoms with Crippen molar-refractivity contribution in [1.29, 1.82) is 0 Å². The maximum atomic E-state index is 10.3. The third-order valence-corrected chi connectivity index (χ3v) is 10.5. The molecule has 0 amide bonds. The van der Waals surface area contributed by atoms with E-state index in [4.69, 9.17) is 37.7 Å². The van der Waals surface area contributed by atoms with Gasteiger partial charge < -0.3 is 4.42 Å². The average Bonchev–Trinajstić information content (AvgIpc) is 1.51. The molecule has 3 nitrogen and oxygen atoms in total. The second kappa shape index (κ2) is 12.1. The number of hydrogen-bond acceptors (Lipinski definition) is 4. The monoisotopic (exact) mass is 780 g/mol. The lowest BCUT2D eigenvalue weighted by molar-refractivity contribution is 0.660. The summed E-state index contributed by atoms with van der Waals surface area (Å²) in [6.45, 7) is -8.12. The average molecular weight is 781 g/mol. The molecule has 3 heterocycles. The van der Waals surface area contributed by atoms with E-state index in [2.05, 4.69) is 0 Å². The Morgan fingerprint density at radius 1 is 0.544 bits per heavy atom. The Hall–Kier alpha value is -6.88. The Bertz CT molecular complexity index is 5270. The quantitative estimate of drug-likeness (QED) is 0.179. The van der Waals surface area contributed by atoms with Crippen molar-refractivity contribution in [3.8, 4) is 56.0 Å². The maximum absolute atomic E-state index is 10.3. The fourth-order valence-electron chi connectivity index (χ4n) is 6.94. The van der Waals surface area contributed by atoms with Crippen molar-refractivity contribution in [2.24, 2.45) is 0 Å². The molecule has 0 saturated carbocycles. The molecule has 1 aliphatic carbocycles. The summed E-state index contributed by atoms with van der Waals surface area (Å²) in [7, 11) is 0. The van der Waals surface area contributed by atoms with Crippen LogP contribution >= 0.6 is 11.3 Å². The molecule has 8 aromatic carbocycles. The van der Waals surface area contributed by atoms with Gasteiger partial charge in [0.05, 0.1) is 54.3 Å². The van der Waals surface area contributed by atoms with E-state index in [1.165, 1.54) is 0 Å². The molecule has 0 N–H and O–H groups in total. The van der Waals surface area contributed by atoms with E-state index in [-0.39, 0.29) is 4.70 Å². The summed E-state index contributed by atoms with van der Waals surface area (Å²) < 4.78 is 315. The number of furan rings is 1. The predicted octanol–water partition coefficient (Wildman–Crippen LogP) is 14.9. The lowest BCUT2D eigenvalue weighted by atomic mass is 9.81. The second-order valence-electron chi connectivity index (χ2n) is 12.6. The minimum absolute atomic E-state index is 0.332. The minimum Gasteiger partial charge on any atom is -0.456 e. The zero-order valence-corrected chi connectivity index (χ0v) is 29.0. The van der Waals surface area contributed by atoms with Crippen LogP contribution in [0.3, 0.4) is 0 Å². The Morgan fingerprint density at radius 2 is 1.33 bits per heavy atom. The summed E-state index contributed by atoms with van der Waals surface area (Å²) in [5, 5.41) is -2.94. The Morgan fingerprint density at radius 3 is 2.23 bits per heavy atom. The molecule has 0 saturated heterocycles. The van der Waals surface area contributed by atoms with Gasteiger partial charge in [0.2, 0.25) is 0 Å². The van der Waals surface area contributed by atoms with Gasteiger partial charge in [-0.15, -0.1) is 11.3 Å². The zero-order chi connectivity index (χ0) is 67.2. The highest BCUT2D eigenvalue weighted by Crippen LogP contribution is 2.53. The molecule has 0 unspecified atom stereocenters. The Labute approximate surface area is 381 Å². The fourth-order valence-corrected chi connectivity index (χ4v) is 7.99. The molecule has 0 bridgehead atoms. The molecule has 0 spiro atoms. The molecule has 3 aromatic heterocycles. The molecular formula is C53H34N2OS. The largest absolute Gasteiger partial charge is 0.456 e. The van der Waals surface area contributed by atoms with Crippen molar-refractivity contribution in [2.45, 2.75) is 19.1 Å². The summed E-state index contributed by atoms with van der Waals surface area (Å²) >= 11 is 0.466. The highest BCUT2D eigenvalue weighted by Gasteiger charge is 2.37. The van der Waals surface area contributed by atoms with Gasteiger partial charge in [-0.1, -0.05) is 147 Å². The van der Waals surface area contributed by atoms with Crippen LogP contribution in [-0.4, -0.2) is 9.97 Å². The smallest absolute Gasteiger partial charge is 0.161 e. The Kier molecular flexibility index (Phi) is 2.83. The van der Waals surface area contributed by atoms with Gasteiger partial charge in [0.25, 0.3) is 0 Å². The van der Waals surface area contributed by atoms with Crippen molar-refractivity contribution in [2.75, 3.05) is 0 Å². The van der Waals surface area contributed by atoms with Crippen molar-refractivity contribution in [3.63, 3.8) is 0 Å². The van der Waals surface area contributed by atoms with Crippen LogP contribution in [0.4, 0.5) is 0 Å². The molecule has 12 rings (SSSR count). The SMILES string of the molecule is [2H]c1c([2H])c([2H])c(-c2c([2H])c([2H])c([2H])c3c2-c2c([2H])c([2H])c(-c4nc(-c5c([2H])c(-c6c([2H])c([2H])c7c([2H])c([2H])c([2H])c([2H])c7c6[2H])c([2H])c6oc7c([2H])c([2H])c([2H])c([2H])c7c56)nc5c4sc4c([2H])c([2H])c([2H])c([2H])c45)c([2H])c2C3(C([2H])([2H])[2H])C([2H])([2H])[2H])c([2H])c1[2H]. The van der Waals surface area contributed by atoms with Gasteiger partial charge in [-0.2, -0.15) is 0 Å². The third-order valence-electron chi connectivity index (χ3n) is 9.43. The second-order valence-corrected chi connectivity index (χ2v) is 13.7. The van der Waals surface area contributed by atoms with Crippen molar-refractivity contribution in [1.82, 2.24) is 9.97 Å². The van der Waals surface area contributed by atoms with E-state index in [0.29, 0.717) is 11.3 Å². The van der Waals surface area contributed by atoms with Gasteiger partial charge in [0.15, 0.2) is 5.82 Å². The number of hydrogen-bond donors (Lipinski definition) is 0. The van der Waals surface area contributed by atoms with Crippen LogP contribution in [0, 0.1) is 0 Å². The van der Waals surface area contributed by atoms with E-state index in [0.717, 1.165) is 0 Å². The molecule has 0 fully saturated rings. The molecule has 1 aliphatic rings. The number of aromatic nitrogens is 2. The number of rotatable bonds is 4. The standard InChI is InChI=1S/C53H34N2OS/c1-53(2)42-20-12-19-37(32-14-4-3-5-15-32)47(42)38-26-25-35(29-43(38)53)49-51-50(40-18-9-11-22-46(40)57-51)55-52(54-49)41-28-36(34-24-23-31-13-6-7-16-33(31)27-34)30-45-48(41)39-17-8-10-21-44(39)56-45/h3-30H,1-2H3/i1D3,2D3,3D,4D,5D,6D,7D,8D,9D,10D,11D,12D,13D,14D,15D,16D,17D,18D,19D,20D,21D,22D,23D,24D,25D,26D,27D,28D,29D,30D. The lowest BCUT2D eigenvalue weighted by Gasteiger charge is -2.22. The van der Waals surface area contributed by atoms with E-state index in [1.807, 2.05) is 0 Å². The molecule has 0 radical (unpaired) electrons. The number of thiophene rings is 1. The Balaban J connectivity index is 1.34. The molecule has 268 valence electrons. The summed E-state index contributed by atoms with van der Waals surface area (Å²) in [6, 6.07) is -27.8. The van der Waals surface area contributed by atoms with Crippen LogP contribution in [-0.2, 0) is 5.41 Å². The van der Waals surface area contributed by atoms with Gasteiger partial charge >= 0.3 is 0 Å². The lowest BCUT2D eigenvalue weighted by Crippen LogP contribution is -2.15. The first-order valence-electron chi connectivity index (χ1n) is 33.7. The highest BCUT2D eigenvalue weighted by molar-refractivity contribution is 7.26. The molecule has 4 heteroatoms. The van der Waals surface area contributed by atoms with Gasteiger partial charge in [-0.05, 0) is 91.5 Å². The van der Waals surface area contributed by atoms with Gasteiger partial charge in [0.1, 0.15) is 11.2 Å². The fraction of sp³-hybridized carbons (Fsp3) is 0.0566. The van der Waals surface area contributed by atoms with Crippen LogP contribution in [0.15, 0.2) is 174 Å². The van der Waals surface area contributed by atoms with Crippen LogP contribution < -0.4 is 0 Å². The molecule has 0 aliphatic heterocycles. The van der Waals surface area contributed by atoms with Gasteiger partial charge in [-0.3, -0.25) is 0 Å². The van der Waals surface area contributed by atoms with E-state index in [9.17, 15) is 23.3 Å². The minimum atomic E-state index is -4.06. The summed E-state index contributed by atoms with van der Waals surface area (Å²) in [5.41, 5.74) is -16.5. The maximum Gasteiger partial charge on any atom is 0.161 e. The highest BCUT2D eigenvalue weighted by atomic mass is 32.1. The van der Waals surface area contributed by atoms with Crippen molar-refractivity contribution in [3.05, 3.63) is 180 Å². The van der Waals surface area contributed by atoms with Gasteiger partial charge in [-0.25, -0.2) is 9.97 Å². The molecule has 57 heavy (non-hydrogen) atoms. The number of para-hydroxylation sites is 1. The topological polar surface area (TPSA) is 38.9 Å². The summed E-state index contributed by atoms with van der Waals surface area (Å²) in [6.07, 6.45) is 0. The van der Waals surface area contributed by atoms with E-state index < -0.39 is 304 Å². The first-order valence-corrected chi connectivity index (χ1v) is 17.5. The van der Waals surface area contributed by atoms with Crippen LogP contribution in [0.25, 0.3) is 109 Å². The van der Waals surface area contributed by atoms with E-state index in [1.54, 1.807) is 0 Å². The first-order chi connectivity index (χ1) is 42.2. The number of fused-ring (bicyclic) bond motifs is 10. The predicted molar refractivity (Wildman–Crippen MR) is 239 cm³/mol. The third kappa shape index (κ3) is 4.84. The normalized spacial score (nSPS) is 22.1. The van der Waals surface area contributed by atoms with Crippen molar-refractivity contribution < 1.29 is 51.0 Å². The van der Waals surface area contributed by atoms with Crippen molar-refractivity contribution >= 4 is 64.4 Å². The first kappa shape index (κ1) is 13.4.